The zero-order valence-electron chi connectivity index (χ0n) is 12.0. The van der Waals surface area contributed by atoms with Crippen molar-refractivity contribution in [2.75, 3.05) is 7.05 Å². The van der Waals surface area contributed by atoms with Gasteiger partial charge in [0.15, 0.2) is 0 Å². The summed E-state index contributed by atoms with van der Waals surface area (Å²) in [5.74, 6) is -1.92. The first-order valence-electron chi connectivity index (χ1n) is 6.47. The average Bonchev–Trinajstić information content (AvgIpc) is 2.35. The molecule has 0 saturated carbocycles. The van der Waals surface area contributed by atoms with Gasteiger partial charge in [-0.15, -0.1) is 0 Å². The number of carbonyl (C=O) groups excluding carboxylic acids is 1. The molecule has 0 fully saturated rings. The van der Waals surface area contributed by atoms with E-state index < -0.39 is 35.5 Å². The lowest BCUT2D eigenvalue weighted by molar-refractivity contribution is -0.0114. The van der Waals surface area contributed by atoms with Gasteiger partial charge < -0.3 is 15.2 Å². The van der Waals surface area contributed by atoms with Crippen molar-refractivity contribution in [2.24, 2.45) is 5.92 Å². The third kappa shape index (κ3) is 4.82. The number of benzene rings is 1. The fourth-order valence-corrected chi connectivity index (χ4v) is 2.12. The first-order valence-corrected chi connectivity index (χ1v) is 6.84. The van der Waals surface area contributed by atoms with Crippen molar-refractivity contribution in [2.45, 2.75) is 32.5 Å². The highest BCUT2D eigenvalue weighted by Crippen LogP contribution is 2.30. The maximum Gasteiger partial charge on any atom is 0.407 e. The lowest BCUT2D eigenvalue weighted by Gasteiger charge is -2.25. The molecule has 0 aromatic heterocycles. The number of aliphatic hydroxyl groups is 1. The maximum atomic E-state index is 13.8. The van der Waals surface area contributed by atoms with Crippen LogP contribution in [0.5, 0.6) is 0 Å². The van der Waals surface area contributed by atoms with E-state index in [0.717, 1.165) is 12.1 Å². The molecule has 2 atom stereocenters. The van der Waals surface area contributed by atoms with Gasteiger partial charge in [0.25, 0.3) is 0 Å². The van der Waals surface area contributed by atoms with Crippen LogP contribution >= 0.6 is 11.6 Å². The highest BCUT2D eigenvalue weighted by Gasteiger charge is 2.30. The van der Waals surface area contributed by atoms with E-state index in [4.69, 9.17) is 16.3 Å². The molecule has 1 rings (SSSR count). The molecule has 1 unspecified atom stereocenters. The number of rotatable bonds is 5. The minimum absolute atomic E-state index is 0.0488. The van der Waals surface area contributed by atoms with Crippen LogP contribution in [0.4, 0.5) is 13.6 Å². The molecule has 1 aromatic carbocycles. The summed E-state index contributed by atoms with van der Waals surface area (Å²) in [4.78, 5) is 11.3. The van der Waals surface area contributed by atoms with Gasteiger partial charge in [-0.3, -0.25) is 0 Å². The summed E-state index contributed by atoms with van der Waals surface area (Å²) in [6.07, 6.45) is -3.23. The van der Waals surface area contributed by atoms with Crippen molar-refractivity contribution in [3.63, 3.8) is 0 Å². The smallest absolute Gasteiger partial charge is 0.407 e. The zero-order valence-corrected chi connectivity index (χ0v) is 12.7. The van der Waals surface area contributed by atoms with E-state index in [1.807, 2.05) is 13.8 Å². The van der Waals surface area contributed by atoms with Gasteiger partial charge in [0.2, 0.25) is 0 Å². The Morgan fingerprint density at radius 2 is 1.90 bits per heavy atom. The molecule has 0 bridgehead atoms. The van der Waals surface area contributed by atoms with Gasteiger partial charge in [0.1, 0.15) is 23.8 Å². The Bertz CT molecular complexity index is 488. The van der Waals surface area contributed by atoms with Gasteiger partial charge in [-0.1, -0.05) is 25.4 Å². The molecule has 0 saturated heterocycles. The number of hydrogen-bond acceptors (Lipinski definition) is 3. The van der Waals surface area contributed by atoms with Crippen LogP contribution in [0.15, 0.2) is 12.1 Å². The molecule has 4 nitrogen and oxygen atoms in total. The predicted molar refractivity (Wildman–Crippen MR) is 75.1 cm³/mol. The molecule has 1 amide bonds. The van der Waals surface area contributed by atoms with E-state index in [-0.39, 0.29) is 17.4 Å². The lowest BCUT2D eigenvalue weighted by atomic mass is 9.96. The van der Waals surface area contributed by atoms with Gasteiger partial charge in [0, 0.05) is 12.1 Å². The van der Waals surface area contributed by atoms with Gasteiger partial charge in [0.05, 0.1) is 5.56 Å². The Morgan fingerprint density at radius 3 is 2.33 bits per heavy atom. The SMILES string of the molecule is CNC(=O)O[C@@H](CC(C)C)C(O)c1c(F)cc(Cl)cc1F. The van der Waals surface area contributed by atoms with Crippen LogP contribution in [-0.2, 0) is 4.74 Å². The molecule has 7 heteroatoms. The normalized spacial score (nSPS) is 13.9. The van der Waals surface area contributed by atoms with Crippen molar-refractivity contribution < 1.29 is 23.4 Å². The topological polar surface area (TPSA) is 58.6 Å². The first-order chi connectivity index (χ1) is 9.76. The Kier molecular flexibility index (Phi) is 6.36. The Balaban J connectivity index is 3.09. The maximum absolute atomic E-state index is 13.8. The number of ether oxygens (including phenoxy) is 1. The number of hydrogen-bond donors (Lipinski definition) is 2. The second-order valence-electron chi connectivity index (χ2n) is 5.05. The summed E-state index contributed by atoms with van der Waals surface area (Å²) in [5, 5.41) is 12.3. The second kappa shape index (κ2) is 7.56. The van der Waals surface area contributed by atoms with Crippen molar-refractivity contribution in [1.29, 1.82) is 0 Å². The molecule has 0 spiro atoms. The van der Waals surface area contributed by atoms with Crippen LogP contribution in [0, 0.1) is 17.6 Å². The zero-order chi connectivity index (χ0) is 16.2. The number of amides is 1. The van der Waals surface area contributed by atoms with Gasteiger partial charge in [-0.25, -0.2) is 13.6 Å². The summed E-state index contributed by atoms with van der Waals surface area (Å²) in [6.45, 7) is 3.67. The van der Waals surface area contributed by atoms with E-state index in [9.17, 15) is 18.7 Å². The Labute approximate surface area is 127 Å². The molecule has 21 heavy (non-hydrogen) atoms. The quantitative estimate of drug-likeness (QED) is 0.873. The third-order valence-electron chi connectivity index (χ3n) is 2.86. The lowest BCUT2D eigenvalue weighted by Crippen LogP contribution is -2.32. The highest BCUT2D eigenvalue weighted by atomic mass is 35.5. The van der Waals surface area contributed by atoms with Crippen LogP contribution in [0.25, 0.3) is 0 Å². The summed E-state index contributed by atoms with van der Waals surface area (Å²) in [6, 6.07) is 1.80. The third-order valence-corrected chi connectivity index (χ3v) is 3.08. The van der Waals surface area contributed by atoms with Crippen molar-refractivity contribution in [1.82, 2.24) is 5.32 Å². The Hall–Kier alpha value is -1.40. The van der Waals surface area contributed by atoms with Gasteiger partial charge >= 0.3 is 6.09 Å². The monoisotopic (exact) mass is 321 g/mol. The van der Waals surface area contributed by atoms with E-state index in [1.165, 1.54) is 7.05 Å². The molecule has 2 N–H and O–H groups in total. The number of nitrogens with one attached hydrogen (secondary N) is 1. The van der Waals surface area contributed by atoms with Crippen molar-refractivity contribution >= 4 is 17.7 Å². The molecule has 0 aliphatic carbocycles. The minimum Gasteiger partial charge on any atom is -0.443 e. The van der Waals surface area contributed by atoms with E-state index in [1.54, 1.807) is 0 Å². The number of aliphatic hydroxyl groups excluding tert-OH is 1. The number of halogens is 3. The molecule has 0 aliphatic rings. The highest BCUT2D eigenvalue weighted by molar-refractivity contribution is 6.30. The summed E-state index contributed by atoms with van der Waals surface area (Å²) < 4.78 is 32.7. The predicted octanol–water partition coefficient (Wildman–Crippen LogP) is 3.42. The fourth-order valence-electron chi connectivity index (χ4n) is 1.92. The van der Waals surface area contributed by atoms with E-state index in [2.05, 4.69) is 5.32 Å². The van der Waals surface area contributed by atoms with Crippen LogP contribution in [0.3, 0.4) is 0 Å². The molecule has 1 aromatic rings. The average molecular weight is 322 g/mol. The molecular weight excluding hydrogens is 304 g/mol. The molecule has 0 heterocycles. The van der Waals surface area contributed by atoms with Crippen LogP contribution in [0.2, 0.25) is 5.02 Å². The molecular formula is C14H18ClF2NO3. The molecule has 0 aliphatic heterocycles. The van der Waals surface area contributed by atoms with E-state index in [0.29, 0.717) is 0 Å². The fraction of sp³-hybridized carbons (Fsp3) is 0.500. The number of carbonyl (C=O) groups is 1. The Morgan fingerprint density at radius 1 is 1.38 bits per heavy atom. The summed E-state index contributed by atoms with van der Waals surface area (Å²) in [7, 11) is 1.35. The minimum atomic E-state index is -1.62. The van der Waals surface area contributed by atoms with Crippen molar-refractivity contribution in [3.8, 4) is 0 Å². The molecule has 118 valence electrons. The molecule has 0 radical (unpaired) electrons. The summed E-state index contributed by atoms with van der Waals surface area (Å²) in [5.41, 5.74) is -0.561. The largest absolute Gasteiger partial charge is 0.443 e. The summed E-state index contributed by atoms with van der Waals surface area (Å²) >= 11 is 5.54. The van der Waals surface area contributed by atoms with Crippen LogP contribution < -0.4 is 5.32 Å². The second-order valence-corrected chi connectivity index (χ2v) is 5.49. The first kappa shape index (κ1) is 17.7. The van der Waals surface area contributed by atoms with Gasteiger partial charge in [-0.2, -0.15) is 0 Å². The number of alkyl carbamates (subject to hydrolysis) is 1. The van der Waals surface area contributed by atoms with Crippen LogP contribution in [-0.4, -0.2) is 24.4 Å². The standard InChI is InChI=1S/C14H18ClF2NO3/c1-7(2)4-11(21-14(20)18-3)13(19)12-9(16)5-8(15)6-10(12)17/h5-7,11,13,19H,4H2,1-3H3,(H,18,20)/t11-,13?/m0/s1. The van der Waals surface area contributed by atoms with Crippen molar-refractivity contribution in [3.05, 3.63) is 34.4 Å². The van der Waals surface area contributed by atoms with E-state index >= 15 is 0 Å². The van der Waals surface area contributed by atoms with Crippen LogP contribution in [0.1, 0.15) is 31.9 Å². The van der Waals surface area contributed by atoms with Gasteiger partial charge in [-0.05, 0) is 24.5 Å².